The Labute approximate surface area is 107 Å². The molecule has 1 fully saturated rings. The summed E-state index contributed by atoms with van der Waals surface area (Å²) in [7, 11) is 0. The van der Waals surface area contributed by atoms with Crippen molar-refractivity contribution in [3.8, 4) is 0 Å². The van der Waals surface area contributed by atoms with Gasteiger partial charge in [-0.2, -0.15) is 0 Å². The second-order valence-electron chi connectivity index (χ2n) is 6.25. The van der Waals surface area contributed by atoms with E-state index in [1.807, 2.05) is 0 Å². The summed E-state index contributed by atoms with van der Waals surface area (Å²) in [5, 5.41) is 10.4. The minimum absolute atomic E-state index is 0.126. The Hall–Kier alpha value is -1.34. The molecule has 90 valence electrons. The van der Waals surface area contributed by atoms with Crippen LogP contribution in [-0.4, -0.2) is 11.2 Å². The molecule has 0 radical (unpaired) electrons. The van der Waals surface area contributed by atoms with Gasteiger partial charge in [-0.1, -0.05) is 48.6 Å². The van der Waals surface area contributed by atoms with E-state index in [1.54, 1.807) is 0 Å². The summed E-state index contributed by atoms with van der Waals surface area (Å²) < 4.78 is 0. The van der Waals surface area contributed by atoms with E-state index in [2.05, 4.69) is 48.6 Å². The molecule has 6 atom stereocenters. The van der Waals surface area contributed by atoms with Crippen molar-refractivity contribution >= 4 is 0 Å². The first-order chi connectivity index (χ1) is 8.86. The van der Waals surface area contributed by atoms with Crippen molar-refractivity contribution in [1.29, 1.82) is 0 Å². The van der Waals surface area contributed by atoms with E-state index in [0.717, 1.165) is 0 Å². The average Bonchev–Trinajstić information content (AvgIpc) is 2.94. The van der Waals surface area contributed by atoms with Gasteiger partial charge < -0.3 is 5.11 Å². The highest BCUT2D eigenvalue weighted by Crippen LogP contribution is 2.64. The number of fused-ring (bicyclic) bond motifs is 2. The molecule has 1 aromatic rings. The van der Waals surface area contributed by atoms with Crippen LogP contribution >= 0.6 is 0 Å². The van der Waals surface area contributed by atoms with Crippen LogP contribution in [0.25, 0.3) is 0 Å². The van der Waals surface area contributed by atoms with Gasteiger partial charge in [-0.3, -0.25) is 0 Å². The molecule has 1 N–H and O–H groups in total. The molecule has 0 unspecified atom stereocenters. The van der Waals surface area contributed by atoms with Gasteiger partial charge in [-0.25, -0.2) is 0 Å². The maximum Gasteiger partial charge on any atom is 0.0671 e. The maximum atomic E-state index is 10.4. The van der Waals surface area contributed by atoms with E-state index in [4.69, 9.17) is 0 Å². The summed E-state index contributed by atoms with van der Waals surface area (Å²) in [6.07, 6.45) is 9.21. The van der Waals surface area contributed by atoms with Crippen LogP contribution in [0.5, 0.6) is 0 Å². The summed E-state index contributed by atoms with van der Waals surface area (Å²) >= 11 is 0. The lowest BCUT2D eigenvalue weighted by molar-refractivity contribution is 0.127. The molecule has 5 aliphatic rings. The second-order valence-corrected chi connectivity index (χ2v) is 6.25. The van der Waals surface area contributed by atoms with Crippen molar-refractivity contribution in [1.82, 2.24) is 0 Å². The molecule has 4 bridgehead atoms. The van der Waals surface area contributed by atoms with Gasteiger partial charge in [0.05, 0.1) is 6.10 Å². The normalized spacial score (nSPS) is 49.5. The minimum atomic E-state index is -0.126. The number of rotatable bonds is 0. The van der Waals surface area contributed by atoms with E-state index in [-0.39, 0.29) is 6.10 Å². The molecule has 6 rings (SSSR count). The number of hydrogen-bond acceptors (Lipinski definition) is 1. The average molecular weight is 236 g/mol. The fraction of sp³-hybridized carbons (Fsp3) is 0.412. The highest BCUT2D eigenvalue weighted by atomic mass is 16.3. The van der Waals surface area contributed by atoms with Crippen molar-refractivity contribution < 1.29 is 5.11 Å². The Bertz CT molecular complexity index is 536. The molecule has 1 nitrogen and oxygen atoms in total. The molecule has 0 amide bonds. The van der Waals surface area contributed by atoms with Crippen molar-refractivity contribution in [2.24, 2.45) is 23.7 Å². The molecule has 0 heterocycles. The highest BCUT2D eigenvalue weighted by molar-refractivity contribution is 5.49. The number of hydrogen-bond donors (Lipinski definition) is 1. The van der Waals surface area contributed by atoms with Gasteiger partial charge in [-0.15, -0.1) is 0 Å². The Morgan fingerprint density at radius 3 is 1.72 bits per heavy atom. The summed E-state index contributed by atoms with van der Waals surface area (Å²) in [4.78, 5) is 0. The van der Waals surface area contributed by atoms with E-state index in [9.17, 15) is 5.11 Å². The Morgan fingerprint density at radius 1 is 0.722 bits per heavy atom. The summed E-state index contributed by atoms with van der Waals surface area (Å²) in [5.74, 6) is 3.13. The van der Waals surface area contributed by atoms with Crippen molar-refractivity contribution in [2.75, 3.05) is 0 Å². The lowest BCUT2D eigenvalue weighted by Crippen LogP contribution is -2.37. The predicted molar refractivity (Wildman–Crippen MR) is 70.2 cm³/mol. The molecule has 1 saturated carbocycles. The first-order valence-corrected chi connectivity index (χ1v) is 7.00. The Balaban J connectivity index is 1.75. The summed E-state index contributed by atoms with van der Waals surface area (Å²) in [5.41, 5.74) is 3.03. The summed E-state index contributed by atoms with van der Waals surface area (Å²) in [6.45, 7) is 0. The molecular formula is C17H16O. The molecule has 1 heteroatoms. The van der Waals surface area contributed by atoms with Crippen molar-refractivity contribution in [3.05, 3.63) is 59.7 Å². The van der Waals surface area contributed by atoms with E-state index >= 15 is 0 Å². The quantitative estimate of drug-likeness (QED) is 0.687. The molecule has 0 aliphatic heterocycles. The zero-order valence-electron chi connectivity index (χ0n) is 10.1. The zero-order chi connectivity index (χ0) is 11.9. The van der Waals surface area contributed by atoms with Crippen LogP contribution in [0, 0.1) is 23.7 Å². The molecule has 5 aliphatic carbocycles. The number of aliphatic hydroxyl groups is 1. The lowest BCUT2D eigenvalue weighted by Gasteiger charge is -2.46. The third-order valence-electron chi connectivity index (χ3n) is 5.75. The van der Waals surface area contributed by atoms with E-state index in [1.165, 1.54) is 11.1 Å². The first kappa shape index (κ1) is 9.57. The number of benzene rings is 1. The fourth-order valence-electron chi connectivity index (χ4n) is 5.16. The van der Waals surface area contributed by atoms with Gasteiger partial charge in [0.25, 0.3) is 0 Å². The molecule has 0 spiro atoms. The van der Waals surface area contributed by atoms with Gasteiger partial charge in [-0.05, 0) is 23.0 Å². The topological polar surface area (TPSA) is 20.2 Å². The number of allylic oxidation sites excluding steroid dienone is 2. The van der Waals surface area contributed by atoms with Crippen LogP contribution in [-0.2, 0) is 0 Å². The van der Waals surface area contributed by atoms with Crippen LogP contribution in [0.4, 0.5) is 0 Å². The van der Waals surface area contributed by atoms with Gasteiger partial charge in [0.15, 0.2) is 0 Å². The van der Waals surface area contributed by atoms with Gasteiger partial charge in [0.2, 0.25) is 0 Å². The van der Waals surface area contributed by atoms with E-state index < -0.39 is 0 Å². The van der Waals surface area contributed by atoms with Crippen LogP contribution in [0.1, 0.15) is 23.0 Å². The zero-order valence-corrected chi connectivity index (χ0v) is 10.1. The lowest BCUT2D eigenvalue weighted by atomic mass is 9.57. The summed E-state index contributed by atoms with van der Waals surface area (Å²) in [6, 6.07) is 8.88. The monoisotopic (exact) mass is 236 g/mol. The number of aliphatic hydroxyl groups excluding tert-OH is 1. The minimum Gasteiger partial charge on any atom is -0.392 e. The largest absolute Gasteiger partial charge is 0.392 e. The standard InChI is InChI=1S/C17H16O/c18-17-13-7-8-14(17)16-12-6-5-11(15(13)16)9-3-1-2-4-10(9)12/h1-8,11-18H/t11-,12-,13+,14+,15+,16+/m1/s1. The molecule has 1 aromatic carbocycles. The first-order valence-electron chi connectivity index (χ1n) is 7.00. The molecule has 0 saturated heterocycles. The van der Waals surface area contributed by atoms with Crippen molar-refractivity contribution in [3.63, 3.8) is 0 Å². The van der Waals surface area contributed by atoms with Gasteiger partial charge in [0, 0.05) is 23.7 Å². The van der Waals surface area contributed by atoms with Crippen LogP contribution in [0.2, 0.25) is 0 Å². The van der Waals surface area contributed by atoms with Crippen LogP contribution in [0.3, 0.4) is 0 Å². The fourth-order valence-corrected chi connectivity index (χ4v) is 5.16. The van der Waals surface area contributed by atoms with Crippen molar-refractivity contribution in [2.45, 2.75) is 17.9 Å². The molecular weight excluding hydrogens is 220 g/mol. The highest BCUT2D eigenvalue weighted by Gasteiger charge is 2.59. The predicted octanol–water partition coefficient (Wildman–Crippen LogP) is 2.85. The van der Waals surface area contributed by atoms with Gasteiger partial charge in [0.1, 0.15) is 0 Å². The maximum absolute atomic E-state index is 10.4. The Morgan fingerprint density at radius 2 is 1.22 bits per heavy atom. The Kier molecular flexibility index (Phi) is 1.58. The second kappa shape index (κ2) is 2.97. The molecule has 0 aromatic heterocycles. The van der Waals surface area contributed by atoms with E-state index in [0.29, 0.717) is 35.5 Å². The third-order valence-corrected chi connectivity index (χ3v) is 5.75. The molecule has 18 heavy (non-hydrogen) atoms. The van der Waals surface area contributed by atoms with Crippen LogP contribution in [0.15, 0.2) is 48.6 Å². The van der Waals surface area contributed by atoms with Crippen LogP contribution < -0.4 is 0 Å². The SMILES string of the molecule is OC1[C@H]2C=C[C@H]1[C@H]1[C@H]2[C@@H]2C=C[C@@H]1c1ccccc12. The third kappa shape index (κ3) is 0.883. The smallest absolute Gasteiger partial charge is 0.0671 e. The van der Waals surface area contributed by atoms with Gasteiger partial charge >= 0.3 is 0 Å².